The van der Waals surface area contributed by atoms with Gasteiger partial charge in [-0.3, -0.25) is 9.52 Å². The van der Waals surface area contributed by atoms with Crippen molar-refractivity contribution in [3.8, 4) is 0 Å². The highest BCUT2D eigenvalue weighted by molar-refractivity contribution is 9.10. The molecule has 0 aliphatic carbocycles. The minimum Gasteiger partial charge on any atom is -0.322 e. The summed E-state index contributed by atoms with van der Waals surface area (Å²) in [4.78, 5) is 12.5. The Labute approximate surface area is 166 Å². The van der Waals surface area contributed by atoms with Crippen LogP contribution in [0.25, 0.3) is 0 Å². The van der Waals surface area contributed by atoms with Gasteiger partial charge in [0, 0.05) is 21.4 Å². The lowest BCUT2D eigenvalue weighted by atomic mass is 10.2. The Morgan fingerprint density at radius 2 is 1.59 bits per heavy atom. The Hall–Kier alpha value is -2.64. The molecule has 0 heterocycles. The van der Waals surface area contributed by atoms with Gasteiger partial charge in [0.15, 0.2) is 0 Å². The van der Waals surface area contributed by atoms with Gasteiger partial charge in [0.25, 0.3) is 15.9 Å². The monoisotopic (exact) mass is 444 g/mol. The quantitative estimate of drug-likeness (QED) is 0.592. The molecule has 3 rings (SSSR count). The van der Waals surface area contributed by atoms with Crippen LogP contribution in [0.15, 0.2) is 82.2 Å². The fraction of sp³-hybridized carbons (Fsp3) is 0.0500. The lowest BCUT2D eigenvalue weighted by molar-refractivity contribution is 0.102. The number of sulfonamides is 1. The van der Waals surface area contributed by atoms with Gasteiger partial charge in [0.2, 0.25) is 0 Å². The Balaban J connectivity index is 1.89. The van der Waals surface area contributed by atoms with Gasteiger partial charge in [-0.2, -0.15) is 0 Å². The largest absolute Gasteiger partial charge is 0.322 e. The van der Waals surface area contributed by atoms with E-state index in [1.165, 1.54) is 6.07 Å². The van der Waals surface area contributed by atoms with Gasteiger partial charge in [-0.15, -0.1) is 0 Å². The van der Waals surface area contributed by atoms with Gasteiger partial charge in [0.05, 0.1) is 0 Å². The molecule has 0 aliphatic rings. The molecule has 5 nitrogen and oxygen atoms in total. The zero-order valence-electron chi connectivity index (χ0n) is 14.4. The molecule has 3 aromatic rings. The summed E-state index contributed by atoms with van der Waals surface area (Å²) in [6.07, 6.45) is 0. The molecule has 0 radical (unpaired) electrons. The molecule has 1 amide bonds. The minimum atomic E-state index is -3.87. The number of aryl methyl sites for hydroxylation is 1. The zero-order chi connectivity index (χ0) is 19.4. The van der Waals surface area contributed by atoms with E-state index in [4.69, 9.17) is 0 Å². The predicted molar refractivity (Wildman–Crippen MR) is 111 cm³/mol. The van der Waals surface area contributed by atoms with Crippen molar-refractivity contribution in [1.82, 2.24) is 0 Å². The Bertz CT molecular complexity index is 1080. The summed E-state index contributed by atoms with van der Waals surface area (Å²) in [7, 11) is -3.87. The molecule has 0 saturated heterocycles. The maximum Gasteiger partial charge on any atom is 0.263 e. The molecule has 7 heteroatoms. The zero-order valence-corrected chi connectivity index (χ0v) is 16.8. The van der Waals surface area contributed by atoms with Crippen LogP contribution in [0.1, 0.15) is 15.9 Å². The average molecular weight is 445 g/mol. The molecule has 0 aromatic heterocycles. The van der Waals surface area contributed by atoms with Crippen LogP contribution in [-0.4, -0.2) is 14.3 Å². The number of hydrogen-bond acceptors (Lipinski definition) is 3. The van der Waals surface area contributed by atoms with Gasteiger partial charge in [0.1, 0.15) is 4.90 Å². The van der Waals surface area contributed by atoms with Crippen LogP contribution in [0.3, 0.4) is 0 Å². The van der Waals surface area contributed by atoms with Crippen molar-refractivity contribution in [3.63, 3.8) is 0 Å². The van der Waals surface area contributed by atoms with E-state index in [-0.39, 0.29) is 16.4 Å². The first-order valence-electron chi connectivity index (χ1n) is 8.10. The van der Waals surface area contributed by atoms with E-state index in [1.54, 1.807) is 54.6 Å². The molecular weight excluding hydrogens is 428 g/mol. The third-order valence-corrected chi connectivity index (χ3v) is 6.16. The number of amides is 1. The van der Waals surface area contributed by atoms with E-state index in [9.17, 15) is 13.2 Å². The van der Waals surface area contributed by atoms with E-state index >= 15 is 0 Å². The molecule has 0 atom stereocenters. The molecule has 27 heavy (non-hydrogen) atoms. The molecule has 0 unspecified atom stereocenters. The molecule has 138 valence electrons. The van der Waals surface area contributed by atoms with E-state index in [0.717, 1.165) is 5.56 Å². The molecule has 0 saturated carbocycles. The number of carbonyl (C=O) groups is 1. The topological polar surface area (TPSA) is 75.3 Å². The van der Waals surface area contributed by atoms with Gasteiger partial charge in [-0.1, -0.05) is 30.3 Å². The second kappa shape index (κ2) is 7.94. The maximum absolute atomic E-state index is 12.8. The van der Waals surface area contributed by atoms with E-state index in [0.29, 0.717) is 15.8 Å². The number of halogens is 1. The van der Waals surface area contributed by atoms with Gasteiger partial charge < -0.3 is 5.32 Å². The smallest absolute Gasteiger partial charge is 0.263 e. The van der Waals surface area contributed by atoms with Gasteiger partial charge >= 0.3 is 0 Å². The second-order valence-corrected chi connectivity index (χ2v) is 8.45. The lowest BCUT2D eigenvalue weighted by Crippen LogP contribution is -2.16. The third kappa shape index (κ3) is 4.75. The highest BCUT2D eigenvalue weighted by atomic mass is 79.9. The fourth-order valence-corrected chi connectivity index (χ4v) is 4.53. The fourth-order valence-electron chi connectivity index (χ4n) is 2.49. The standard InChI is InChI=1S/C20H17BrN2O3S/c1-14-6-5-9-17(12-14)23-27(25,26)19-13-15(10-11-18(19)21)20(24)22-16-7-3-2-4-8-16/h2-13,23H,1H3,(H,22,24). The van der Waals surface area contributed by atoms with Crippen LogP contribution < -0.4 is 10.0 Å². The van der Waals surface area contributed by atoms with Crippen LogP contribution in [0.5, 0.6) is 0 Å². The van der Waals surface area contributed by atoms with Crippen molar-refractivity contribution in [1.29, 1.82) is 0 Å². The van der Waals surface area contributed by atoms with Crippen molar-refractivity contribution < 1.29 is 13.2 Å². The molecule has 0 bridgehead atoms. The van der Waals surface area contributed by atoms with Crippen LogP contribution in [0.4, 0.5) is 11.4 Å². The summed E-state index contributed by atoms with van der Waals surface area (Å²) in [6.45, 7) is 1.88. The first-order valence-corrected chi connectivity index (χ1v) is 10.4. The summed E-state index contributed by atoms with van der Waals surface area (Å²) in [5.74, 6) is -0.388. The van der Waals surface area contributed by atoms with Crippen LogP contribution >= 0.6 is 15.9 Å². The number of hydrogen-bond donors (Lipinski definition) is 2. The molecule has 0 aliphatic heterocycles. The second-order valence-electron chi connectivity index (χ2n) is 5.94. The van der Waals surface area contributed by atoms with E-state index in [1.807, 2.05) is 19.1 Å². The molecule has 0 fully saturated rings. The van der Waals surface area contributed by atoms with Gasteiger partial charge in [-0.25, -0.2) is 8.42 Å². The SMILES string of the molecule is Cc1cccc(NS(=O)(=O)c2cc(C(=O)Nc3ccccc3)ccc2Br)c1. The molecule has 3 aromatic carbocycles. The normalized spacial score (nSPS) is 11.0. The Morgan fingerprint density at radius 1 is 0.889 bits per heavy atom. The van der Waals surface area contributed by atoms with E-state index in [2.05, 4.69) is 26.0 Å². The summed E-state index contributed by atoms with van der Waals surface area (Å²) in [5, 5.41) is 2.74. The Morgan fingerprint density at radius 3 is 2.30 bits per heavy atom. The van der Waals surface area contributed by atoms with Crippen molar-refractivity contribution in [2.45, 2.75) is 11.8 Å². The van der Waals surface area contributed by atoms with Crippen LogP contribution in [0, 0.1) is 6.92 Å². The summed E-state index contributed by atoms with van der Waals surface area (Å²) >= 11 is 3.26. The van der Waals surface area contributed by atoms with Crippen LogP contribution in [-0.2, 0) is 10.0 Å². The number of carbonyl (C=O) groups excluding carboxylic acids is 1. The number of rotatable bonds is 5. The molecule has 0 spiro atoms. The number of anilines is 2. The summed E-state index contributed by atoms with van der Waals surface area (Å²) in [6, 6.07) is 20.5. The summed E-state index contributed by atoms with van der Waals surface area (Å²) < 4.78 is 28.5. The first kappa shape index (κ1) is 19.1. The maximum atomic E-state index is 12.8. The highest BCUT2D eigenvalue weighted by Crippen LogP contribution is 2.26. The number of benzene rings is 3. The van der Waals surface area contributed by atoms with Crippen molar-refractivity contribution in [3.05, 3.63) is 88.4 Å². The van der Waals surface area contributed by atoms with Crippen molar-refractivity contribution in [2.24, 2.45) is 0 Å². The van der Waals surface area contributed by atoms with Crippen molar-refractivity contribution in [2.75, 3.05) is 10.0 Å². The summed E-state index contributed by atoms with van der Waals surface area (Å²) in [5.41, 5.74) is 2.27. The third-order valence-electron chi connectivity index (χ3n) is 3.78. The predicted octanol–water partition coefficient (Wildman–Crippen LogP) is 4.81. The number of para-hydroxylation sites is 1. The van der Waals surface area contributed by atoms with Gasteiger partial charge in [-0.05, 0) is 70.9 Å². The first-order chi connectivity index (χ1) is 12.8. The number of nitrogens with one attached hydrogen (secondary N) is 2. The van der Waals surface area contributed by atoms with Crippen molar-refractivity contribution >= 4 is 43.2 Å². The van der Waals surface area contributed by atoms with E-state index < -0.39 is 10.0 Å². The van der Waals surface area contributed by atoms with Crippen LogP contribution in [0.2, 0.25) is 0 Å². The molecular formula is C20H17BrN2O3S. The lowest BCUT2D eigenvalue weighted by Gasteiger charge is -2.12. The molecule has 2 N–H and O–H groups in total. The minimum absolute atomic E-state index is 0.00952. The highest BCUT2D eigenvalue weighted by Gasteiger charge is 2.20. The Kier molecular flexibility index (Phi) is 5.62. The average Bonchev–Trinajstić information content (AvgIpc) is 2.62.